The molecular formula is C16H24FN3O. The summed E-state index contributed by atoms with van der Waals surface area (Å²) in [7, 11) is 0. The highest BCUT2D eigenvalue weighted by molar-refractivity contribution is 5.47. The predicted molar refractivity (Wildman–Crippen MR) is 82.1 cm³/mol. The number of aliphatic hydroxyl groups is 1. The van der Waals surface area contributed by atoms with Gasteiger partial charge in [0.1, 0.15) is 5.82 Å². The van der Waals surface area contributed by atoms with Crippen LogP contribution in [0.3, 0.4) is 0 Å². The molecule has 2 fully saturated rings. The van der Waals surface area contributed by atoms with Crippen molar-refractivity contribution in [2.24, 2.45) is 0 Å². The summed E-state index contributed by atoms with van der Waals surface area (Å²) in [5.41, 5.74) is 0.109. The average molecular weight is 293 g/mol. The molecule has 0 spiro atoms. The minimum atomic E-state index is -0.595. The molecule has 2 heterocycles. The SMILES string of the molecule is O[C@]1(CNC2CCN(c3ccccc3F)CC2)CCNC1. The number of nitrogens with zero attached hydrogens (tertiary/aromatic N) is 1. The minimum absolute atomic E-state index is 0.143. The molecule has 3 rings (SSSR count). The predicted octanol–water partition coefficient (Wildman–Crippen LogP) is 1.11. The fraction of sp³-hybridized carbons (Fsp3) is 0.625. The lowest BCUT2D eigenvalue weighted by Crippen LogP contribution is -2.49. The van der Waals surface area contributed by atoms with Crippen LogP contribution in [0.5, 0.6) is 0 Å². The standard InChI is InChI=1S/C16H24FN3O/c17-14-3-1-2-4-15(14)20-9-5-13(6-10-20)19-12-16(21)7-8-18-11-16/h1-4,13,18-19,21H,5-12H2/t16-/m1/s1. The van der Waals surface area contributed by atoms with E-state index in [1.807, 2.05) is 12.1 Å². The molecule has 0 aliphatic carbocycles. The molecule has 1 aromatic rings. The Balaban J connectivity index is 1.48. The van der Waals surface area contributed by atoms with Crippen LogP contribution in [0.1, 0.15) is 19.3 Å². The molecule has 0 bridgehead atoms. The van der Waals surface area contributed by atoms with E-state index in [-0.39, 0.29) is 5.82 Å². The van der Waals surface area contributed by atoms with Crippen molar-refractivity contribution in [1.82, 2.24) is 10.6 Å². The number of para-hydroxylation sites is 1. The van der Waals surface area contributed by atoms with Crippen molar-refractivity contribution >= 4 is 5.69 Å². The number of halogens is 1. The van der Waals surface area contributed by atoms with Crippen LogP contribution >= 0.6 is 0 Å². The highest BCUT2D eigenvalue weighted by Gasteiger charge is 2.32. The van der Waals surface area contributed by atoms with Crippen LogP contribution in [0.4, 0.5) is 10.1 Å². The molecule has 116 valence electrons. The van der Waals surface area contributed by atoms with E-state index in [0.29, 0.717) is 24.8 Å². The number of nitrogens with one attached hydrogen (secondary N) is 2. The second kappa shape index (κ2) is 6.30. The Kier molecular flexibility index (Phi) is 4.42. The maximum atomic E-state index is 13.8. The van der Waals surface area contributed by atoms with Gasteiger partial charge in [-0.05, 0) is 37.9 Å². The van der Waals surface area contributed by atoms with Gasteiger partial charge in [0.05, 0.1) is 11.3 Å². The van der Waals surface area contributed by atoms with Crippen molar-refractivity contribution in [1.29, 1.82) is 0 Å². The number of hydrogen-bond acceptors (Lipinski definition) is 4. The lowest BCUT2D eigenvalue weighted by atomic mass is 10.00. The van der Waals surface area contributed by atoms with Gasteiger partial charge in [0.25, 0.3) is 0 Å². The first-order valence-electron chi connectivity index (χ1n) is 7.82. The second-order valence-electron chi connectivity index (χ2n) is 6.24. The molecule has 1 atom stereocenters. The summed E-state index contributed by atoms with van der Waals surface area (Å²) in [6, 6.07) is 7.38. The summed E-state index contributed by atoms with van der Waals surface area (Å²) in [6.45, 7) is 3.92. The molecular weight excluding hydrogens is 269 g/mol. The third-order valence-electron chi connectivity index (χ3n) is 4.63. The van der Waals surface area contributed by atoms with Crippen molar-refractivity contribution < 1.29 is 9.50 Å². The van der Waals surface area contributed by atoms with Gasteiger partial charge in [0, 0.05) is 32.2 Å². The zero-order chi connectivity index (χ0) is 14.7. The summed E-state index contributed by atoms with van der Waals surface area (Å²) >= 11 is 0. The van der Waals surface area contributed by atoms with Gasteiger partial charge in [0.15, 0.2) is 0 Å². The molecule has 2 saturated heterocycles. The van der Waals surface area contributed by atoms with E-state index in [0.717, 1.165) is 38.9 Å². The largest absolute Gasteiger partial charge is 0.387 e. The fourth-order valence-corrected chi connectivity index (χ4v) is 3.25. The van der Waals surface area contributed by atoms with Gasteiger partial charge < -0.3 is 20.6 Å². The van der Waals surface area contributed by atoms with Crippen LogP contribution in [0, 0.1) is 5.82 Å². The highest BCUT2D eigenvalue weighted by atomic mass is 19.1. The first-order valence-corrected chi connectivity index (χ1v) is 7.82. The molecule has 5 heteroatoms. The Bertz CT molecular complexity index is 468. The van der Waals surface area contributed by atoms with E-state index in [2.05, 4.69) is 15.5 Å². The van der Waals surface area contributed by atoms with Gasteiger partial charge in [-0.3, -0.25) is 0 Å². The van der Waals surface area contributed by atoms with Crippen LogP contribution in [-0.2, 0) is 0 Å². The van der Waals surface area contributed by atoms with Crippen LogP contribution < -0.4 is 15.5 Å². The van der Waals surface area contributed by atoms with Crippen molar-refractivity contribution in [2.75, 3.05) is 37.6 Å². The highest BCUT2D eigenvalue weighted by Crippen LogP contribution is 2.23. The first kappa shape index (κ1) is 14.8. The van der Waals surface area contributed by atoms with Gasteiger partial charge in [-0.15, -0.1) is 0 Å². The number of anilines is 1. The van der Waals surface area contributed by atoms with E-state index in [9.17, 15) is 9.50 Å². The fourth-order valence-electron chi connectivity index (χ4n) is 3.25. The number of hydrogen-bond donors (Lipinski definition) is 3. The van der Waals surface area contributed by atoms with Crippen LogP contribution in [0.15, 0.2) is 24.3 Å². The molecule has 3 N–H and O–H groups in total. The molecule has 0 saturated carbocycles. The number of β-amino-alcohol motifs (C(OH)–C–C–N with tert-alkyl or cyclic N) is 1. The number of rotatable bonds is 4. The van der Waals surface area contributed by atoms with Crippen molar-refractivity contribution in [2.45, 2.75) is 30.9 Å². The summed E-state index contributed by atoms with van der Waals surface area (Å²) in [6.07, 6.45) is 2.78. The maximum absolute atomic E-state index is 13.8. The molecule has 1 aromatic carbocycles. The topological polar surface area (TPSA) is 47.5 Å². The summed E-state index contributed by atoms with van der Waals surface area (Å²) in [4.78, 5) is 2.11. The van der Waals surface area contributed by atoms with E-state index in [1.165, 1.54) is 6.07 Å². The van der Waals surface area contributed by atoms with E-state index < -0.39 is 5.60 Å². The minimum Gasteiger partial charge on any atom is -0.387 e. The zero-order valence-electron chi connectivity index (χ0n) is 12.3. The lowest BCUT2D eigenvalue weighted by molar-refractivity contribution is 0.0571. The quantitative estimate of drug-likeness (QED) is 0.778. The third-order valence-corrected chi connectivity index (χ3v) is 4.63. The number of piperidine rings is 1. The second-order valence-corrected chi connectivity index (χ2v) is 6.24. The van der Waals surface area contributed by atoms with Gasteiger partial charge >= 0.3 is 0 Å². The Morgan fingerprint density at radius 2 is 2.10 bits per heavy atom. The van der Waals surface area contributed by atoms with Gasteiger partial charge in [-0.25, -0.2) is 4.39 Å². The molecule has 2 aliphatic rings. The Morgan fingerprint density at radius 1 is 1.33 bits per heavy atom. The first-order chi connectivity index (χ1) is 10.2. The van der Waals surface area contributed by atoms with E-state index in [1.54, 1.807) is 6.07 Å². The molecule has 2 aliphatic heterocycles. The molecule has 4 nitrogen and oxygen atoms in total. The summed E-state index contributed by atoms with van der Waals surface area (Å²) < 4.78 is 13.8. The lowest BCUT2D eigenvalue weighted by Gasteiger charge is -2.35. The Morgan fingerprint density at radius 3 is 2.76 bits per heavy atom. The van der Waals surface area contributed by atoms with E-state index >= 15 is 0 Å². The third kappa shape index (κ3) is 3.54. The average Bonchev–Trinajstić information content (AvgIpc) is 2.94. The van der Waals surface area contributed by atoms with Gasteiger partial charge in [0.2, 0.25) is 0 Å². The normalized spacial score (nSPS) is 27.2. The Hall–Kier alpha value is -1.17. The molecule has 0 radical (unpaired) electrons. The van der Waals surface area contributed by atoms with Crippen molar-refractivity contribution in [3.05, 3.63) is 30.1 Å². The zero-order valence-corrected chi connectivity index (χ0v) is 12.3. The molecule has 21 heavy (non-hydrogen) atoms. The summed E-state index contributed by atoms with van der Waals surface area (Å²) in [5.74, 6) is -0.143. The van der Waals surface area contributed by atoms with Crippen LogP contribution in [0.2, 0.25) is 0 Å². The number of benzene rings is 1. The van der Waals surface area contributed by atoms with Crippen molar-refractivity contribution in [3.8, 4) is 0 Å². The van der Waals surface area contributed by atoms with Crippen LogP contribution in [0.25, 0.3) is 0 Å². The molecule has 0 unspecified atom stereocenters. The monoisotopic (exact) mass is 293 g/mol. The smallest absolute Gasteiger partial charge is 0.146 e. The van der Waals surface area contributed by atoms with E-state index in [4.69, 9.17) is 0 Å². The van der Waals surface area contributed by atoms with Crippen LogP contribution in [-0.4, -0.2) is 49.5 Å². The Labute approximate surface area is 125 Å². The molecule has 0 amide bonds. The maximum Gasteiger partial charge on any atom is 0.146 e. The van der Waals surface area contributed by atoms with Gasteiger partial charge in [-0.1, -0.05) is 12.1 Å². The molecule has 0 aromatic heterocycles. The summed E-state index contributed by atoms with van der Waals surface area (Å²) in [5, 5.41) is 17.0. The van der Waals surface area contributed by atoms with Gasteiger partial charge in [-0.2, -0.15) is 0 Å². The van der Waals surface area contributed by atoms with Crippen molar-refractivity contribution in [3.63, 3.8) is 0 Å².